The Bertz CT molecular complexity index is 1400. The van der Waals surface area contributed by atoms with Crippen LogP contribution in [-0.2, 0) is 14.3 Å². The van der Waals surface area contributed by atoms with E-state index in [9.17, 15) is 14.4 Å². The van der Waals surface area contributed by atoms with Gasteiger partial charge in [-0.2, -0.15) is 0 Å². The van der Waals surface area contributed by atoms with Crippen LogP contribution in [0.1, 0.15) is 34.3 Å². The monoisotopic (exact) mass is 536 g/mol. The number of thiazole rings is 1. The number of Topliss-reactive ketones (excluding diaryl/α,β-unsaturated/α-hetero) is 1. The Morgan fingerprint density at radius 2 is 2.03 bits per heavy atom. The van der Waals surface area contributed by atoms with Gasteiger partial charge in [0, 0.05) is 32.0 Å². The molecule has 38 heavy (non-hydrogen) atoms. The van der Waals surface area contributed by atoms with E-state index in [0.29, 0.717) is 28.7 Å². The van der Waals surface area contributed by atoms with Crippen LogP contribution < -0.4 is 15.4 Å². The van der Waals surface area contributed by atoms with Gasteiger partial charge in [0.05, 0.1) is 54.3 Å². The first-order valence-corrected chi connectivity index (χ1v) is 12.9. The van der Waals surface area contributed by atoms with Gasteiger partial charge in [-0.05, 0) is 18.6 Å². The minimum absolute atomic E-state index is 0.0894. The number of aromatic nitrogens is 4. The zero-order valence-corrected chi connectivity index (χ0v) is 21.8. The molecule has 11 nitrogen and oxygen atoms in total. The number of imidazole rings is 1. The Hall–Kier alpha value is -4.16. The van der Waals surface area contributed by atoms with Gasteiger partial charge >= 0.3 is 0 Å². The van der Waals surface area contributed by atoms with E-state index >= 15 is 0 Å². The first-order valence-electron chi connectivity index (χ1n) is 12.0. The number of para-hydroxylation sites is 1. The van der Waals surface area contributed by atoms with E-state index in [2.05, 4.69) is 30.6 Å². The van der Waals surface area contributed by atoms with Gasteiger partial charge in [-0.3, -0.25) is 19.4 Å². The fraction of sp³-hybridized carbons (Fsp3) is 0.308. The molecule has 0 saturated heterocycles. The average molecular weight is 537 g/mol. The Balaban J connectivity index is 1.48. The number of nitrogens with zero attached hydrogens (tertiary/aromatic N) is 3. The van der Waals surface area contributed by atoms with Crippen molar-refractivity contribution in [3.63, 3.8) is 0 Å². The predicted molar refractivity (Wildman–Crippen MR) is 142 cm³/mol. The number of nitrogens with one attached hydrogen (secondary N) is 3. The van der Waals surface area contributed by atoms with Crippen molar-refractivity contribution in [2.45, 2.75) is 18.8 Å². The van der Waals surface area contributed by atoms with Gasteiger partial charge < -0.3 is 25.1 Å². The summed E-state index contributed by atoms with van der Waals surface area (Å²) >= 11 is 1.25. The smallest absolute Gasteiger partial charge is 0.287 e. The fourth-order valence-electron chi connectivity index (χ4n) is 3.81. The van der Waals surface area contributed by atoms with E-state index < -0.39 is 11.7 Å². The number of benzene rings is 1. The van der Waals surface area contributed by atoms with E-state index in [4.69, 9.17) is 9.47 Å². The van der Waals surface area contributed by atoms with E-state index in [1.54, 1.807) is 18.8 Å². The molecule has 0 saturated carbocycles. The number of likely N-dealkylation sites (N-methyl/N-ethyl adjacent to an activating group) is 1. The number of rotatable bonds is 13. The van der Waals surface area contributed by atoms with Gasteiger partial charge in [-0.25, -0.2) is 9.97 Å². The maximum absolute atomic E-state index is 12.5. The molecule has 0 aliphatic carbocycles. The highest BCUT2D eigenvalue weighted by molar-refractivity contribution is 7.11. The zero-order valence-electron chi connectivity index (χ0n) is 21.0. The maximum atomic E-state index is 12.5. The summed E-state index contributed by atoms with van der Waals surface area (Å²) in [6, 6.07) is 9.74. The lowest BCUT2D eigenvalue weighted by Crippen LogP contribution is -2.30. The van der Waals surface area contributed by atoms with Crippen LogP contribution >= 0.6 is 11.3 Å². The molecule has 1 aromatic carbocycles. The first-order chi connectivity index (χ1) is 18.5. The molecule has 12 heteroatoms. The van der Waals surface area contributed by atoms with E-state index in [1.165, 1.54) is 24.6 Å². The van der Waals surface area contributed by atoms with E-state index in [0.717, 1.165) is 16.5 Å². The van der Waals surface area contributed by atoms with Gasteiger partial charge in [-0.15, -0.1) is 11.3 Å². The lowest BCUT2D eigenvalue weighted by molar-refractivity contribution is -0.137. The second kappa shape index (κ2) is 12.9. The van der Waals surface area contributed by atoms with E-state index in [1.807, 2.05) is 30.3 Å². The number of ether oxygens (including phenoxy) is 2. The molecule has 0 fully saturated rings. The standard InChI is InChI=1S/C26H28N6O5S/c1-27-24(34)21(33)8-5-9-37-14-17(11-30-25(35)22-13-28-15-38-22)23-29-12-20(31-23)18-10-16-6-3-4-7-19(16)32-26(18)36-2/h3-4,6-7,10,12-13,15,17H,5,8-9,11,14H2,1-2H3,(H,27,34)(H,29,31)(H,30,35). The SMILES string of the molecule is CNC(=O)C(=O)CCCOCC(CNC(=O)c1cncs1)c1ncc(-c2cc3ccccc3nc2OC)[nH]1. The highest BCUT2D eigenvalue weighted by Crippen LogP contribution is 2.31. The van der Waals surface area contributed by atoms with Crippen molar-refractivity contribution in [1.29, 1.82) is 0 Å². The Morgan fingerprint density at radius 1 is 1.18 bits per heavy atom. The number of carbonyl (C=O) groups is 3. The van der Waals surface area contributed by atoms with Gasteiger partial charge in [0.15, 0.2) is 0 Å². The number of amides is 2. The third kappa shape index (κ3) is 6.58. The third-order valence-electron chi connectivity index (χ3n) is 5.81. The van der Waals surface area contributed by atoms with Crippen LogP contribution in [0, 0.1) is 0 Å². The highest BCUT2D eigenvalue weighted by Gasteiger charge is 2.20. The summed E-state index contributed by atoms with van der Waals surface area (Å²) in [7, 11) is 2.99. The first kappa shape index (κ1) is 26.9. The topological polar surface area (TPSA) is 148 Å². The maximum Gasteiger partial charge on any atom is 0.287 e. The predicted octanol–water partition coefficient (Wildman–Crippen LogP) is 2.72. The van der Waals surface area contributed by atoms with Crippen LogP contribution in [-0.4, -0.2) is 71.4 Å². The molecule has 2 amide bonds. The summed E-state index contributed by atoms with van der Waals surface area (Å²) in [5.41, 5.74) is 3.88. The summed E-state index contributed by atoms with van der Waals surface area (Å²) in [6.45, 7) is 0.767. The third-order valence-corrected chi connectivity index (χ3v) is 6.58. The molecule has 3 N–H and O–H groups in total. The summed E-state index contributed by atoms with van der Waals surface area (Å²) in [5.74, 6) is -0.573. The van der Waals surface area contributed by atoms with Crippen LogP contribution in [0.5, 0.6) is 5.88 Å². The summed E-state index contributed by atoms with van der Waals surface area (Å²) in [6.07, 6.45) is 3.70. The van der Waals surface area contributed by atoms with Gasteiger partial charge in [-0.1, -0.05) is 18.2 Å². The number of ketones is 1. The van der Waals surface area contributed by atoms with Crippen LogP contribution in [0.4, 0.5) is 0 Å². The molecule has 4 aromatic rings. The summed E-state index contributed by atoms with van der Waals surface area (Å²) < 4.78 is 11.3. The molecule has 0 radical (unpaired) electrons. The van der Waals surface area contributed by atoms with Crippen LogP contribution in [0.3, 0.4) is 0 Å². The number of H-pyrrole nitrogens is 1. The second-order valence-electron chi connectivity index (χ2n) is 8.37. The lowest BCUT2D eigenvalue weighted by atomic mass is 10.1. The fourth-order valence-corrected chi connectivity index (χ4v) is 4.34. The molecular weight excluding hydrogens is 508 g/mol. The number of aromatic amines is 1. The largest absolute Gasteiger partial charge is 0.480 e. The molecule has 0 aliphatic rings. The molecule has 198 valence electrons. The van der Waals surface area contributed by atoms with Gasteiger partial charge in [0.25, 0.3) is 11.8 Å². The minimum Gasteiger partial charge on any atom is -0.480 e. The number of methoxy groups -OCH3 is 1. The molecular formula is C26H28N6O5S. The van der Waals surface area contributed by atoms with Crippen molar-refractivity contribution in [1.82, 2.24) is 30.6 Å². The molecule has 0 aliphatic heterocycles. The number of carbonyl (C=O) groups excluding carboxylic acids is 3. The molecule has 3 heterocycles. The van der Waals surface area contributed by atoms with Crippen molar-refractivity contribution in [3.05, 3.63) is 58.9 Å². The van der Waals surface area contributed by atoms with Crippen molar-refractivity contribution in [2.75, 3.05) is 33.9 Å². The number of fused-ring (bicyclic) bond motifs is 1. The summed E-state index contributed by atoms with van der Waals surface area (Å²) in [5, 5.41) is 6.19. The molecule has 1 unspecified atom stereocenters. The second-order valence-corrected chi connectivity index (χ2v) is 9.26. The number of hydrogen-bond acceptors (Lipinski definition) is 9. The Labute approximate surface area is 223 Å². The van der Waals surface area contributed by atoms with Crippen molar-refractivity contribution < 1.29 is 23.9 Å². The van der Waals surface area contributed by atoms with Crippen LogP contribution in [0.2, 0.25) is 0 Å². The molecule has 3 aromatic heterocycles. The molecule has 0 spiro atoms. The van der Waals surface area contributed by atoms with Gasteiger partial charge in [0.2, 0.25) is 11.7 Å². The Morgan fingerprint density at radius 3 is 2.79 bits per heavy atom. The lowest BCUT2D eigenvalue weighted by Gasteiger charge is -2.16. The van der Waals surface area contributed by atoms with Crippen molar-refractivity contribution in [2.24, 2.45) is 0 Å². The molecule has 0 bridgehead atoms. The van der Waals surface area contributed by atoms with Crippen molar-refractivity contribution in [3.8, 4) is 17.1 Å². The van der Waals surface area contributed by atoms with Crippen LogP contribution in [0.15, 0.2) is 48.2 Å². The van der Waals surface area contributed by atoms with Gasteiger partial charge in [0.1, 0.15) is 10.7 Å². The normalized spacial score (nSPS) is 11.7. The minimum atomic E-state index is -0.615. The number of hydrogen-bond donors (Lipinski definition) is 3. The molecule has 4 rings (SSSR count). The number of pyridine rings is 1. The van der Waals surface area contributed by atoms with Crippen molar-refractivity contribution >= 4 is 39.8 Å². The zero-order chi connectivity index (χ0) is 26.9. The average Bonchev–Trinajstić information content (AvgIpc) is 3.66. The summed E-state index contributed by atoms with van der Waals surface area (Å²) in [4.78, 5) is 52.5. The van der Waals surface area contributed by atoms with E-state index in [-0.39, 0.29) is 38.0 Å². The highest BCUT2D eigenvalue weighted by atomic mass is 32.1. The van der Waals surface area contributed by atoms with Crippen LogP contribution in [0.25, 0.3) is 22.2 Å². The quantitative estimate of drug-likeness (QED) is 0.174. The Kier molecular flexibility index (Phi) is 9.11. The molecule has 1 atom stereocenters.